The molecule has 0 aliphatic carbocycles. The lowest BCUT2D eigenvalue weighted by molar-refractivity contribution is 0.205. The van der Waals surface area contributed by atoms with Crippen molar-refractivity contribution in [2.45, 2.75) is 33.0 Å². The summed E-state index contributed by atoms with van der Waals surface area (Å²) in [6.07, 6.45) is 8.23. The molecule has 1 N–H and O–H groups in total. The third-order valence-corrected chi connectivity index (χ3v) is 3.19. The Morgan fingerprint density at radius 1 is 1.21 bits per heavy atom. The normalized spacial score (nSPS) is 10.7. The van der Waals surface area contributed by atoms with Crippen LogP contribution < -0.4 is 5.32 Å². The Labute approximate surface area is 137 Å². The number of nitrogens with zero attached hydrogens (tertiary/aromatic N) is 6. The van der Waals surface area contributed by atoms with E-state index in [1.165, 1.54) is 30.2 Å². The SMILES string of the molecule is CCCn1cc(NC(=O)N(Cc2cocn2)Cc2cocn2)nn1. The topological polar surface area (TPSA) is 115 Å². The Bertz CT molecular complexity index is 715. The van der Waals surface area contributed by atoms with Gasteiger partial charge >= 0.3 is 6.03 Å². The molecule has 2 amide bonds. The maximum atomic E-state index is 12.6. The lowest BCUT2D eigenvalue weighted by Crippen LogP contribution is -2.34. The summed E-state index contributed by atoms with van der Waals surface area (Å²) >= 11 is 0. The molecule has 3 rings (SSSR count). The highest BCUT2D eigenvalue weighted by Crippen LogP contribution is 2.10. The van der Waals surface area contributed by atoms with Gasteiger partial charge in [0.2, 0.25) is 0 Å². The fourth-order valence-electron chi connectivity index (χ4n) is 2.10. The molecule has 0 aliphatic heterocycles. The van der Waals surface area contributed by atoms with Gasteiger partial charge in [-0.2, -0.15) is 0 Å². The van der Waals surface area contributed by atoms with Gasteiger partial charge in [-0.25, -0.2) is 14.8 Å². The first-order valence-electron chi connectivity index (χ1n) is 7.44. The minimum absolute atomic E-state index is 0.262. The Balaban J connectivity index is 1.69. The predicted molar refractivity (Wildman–Crippen MR) is 81.6 cm³/mol. The van der Waals surface area contributed by atoms with Gasteiger partial charge in [0.25, 0.3) is 0 Å². The number of anilines is 1. The van der Waals surface area contributed by atoms with Crippen LogP contribution in [-0.2, 0) is 19.6 Å². The van der Waals surface area contributed by atoms with Crippen molar-refractivity contribution in [3.8, 4) is 0 Å². The second-order valence-electron chi connectivity index (χ2n) is 5.11. The molecule has 0 spiro atoms. The van der Waals surface area contributed by atoms with Gasteiger partial charge in [-0.15, -0.1) is 5.10 Å². The number of aromatic nitrogens is 5. The second-order valence-corrected chi connectivity index (χ2v) is 5.11. The van der Waals surface area contributed by atoms with E-state index in [1.807, 2.05) is 6.92 Å². The molecule has 0 unspecified atom stereocenters. The molecule has 0 aliphatic rings. The number of nitrogens with one attached hydrogen (secondary N) is 1. The predicted octanol–water partition coefficient (Wildman–Crippen LogP) is 1.90. The third kappa shape index (κ3) is 3.97. The van der Waals surface area contributed by atoms with Crippen molar-refractivity contribution in [1.82, 2.24) is 29.9 Å². The van der Waals surface area contributed by atoms with Crippen molar-refractivity contribution in [2.24, 2.45) is 0 Å². The lowest BCUT2D eigenvalue weighted by atomic mass is 10.3. The second kappa shape index (κ2) is 7.40. The Morgan fingerprint density at radius 3 is 2.42 bits per heavy atom. The summed E-state index contributed by atoms with van der Waals surface area (Å²) in [6.45, 7) is 3.30. The van der Waals surface area contributed by atoms with Gasteiger partial charge in [0, 0.05) is 6.54 Å². The molecule has 0 bridgehead atoms. The summed E-state index contributed by atoms with van der Waals surface area (Å²) in [4.78, 5) is 22.2. The highest BCUT2D eigenvalue weighted by atomic mass is 16.3. The highest BCUT2D eigenvalue weighted by molar-refractivity contribution is 5.88. The first-order chi connectivity index (χ1) is 11.7. The average molecular weight is 331 g/mol. The van der Waals surface area contributed by atoms with Gasteiger partial charge in [-0.1, -0.05) is 12.1 Å². The van der Waals surface area contributed by atoms with E-state index in [2.05, 4.69) is 25.6 Å². The van der Waals surface area contributed by atoms with Gasteiger partial charge < -0.3 is 13.7 Å². The number of hydrogen-bond donors (Lipinski definition) is 1. The van der Waals surface area contributed by atoms with Crippen molar-refractivity contribution >= 4 is 11.8 Å². The van der Waals surface area contributed by atoms with Gasteiger partial charge in [-0.3, -0.25) is 10.00 Å². The van der Waals surface area contributed by atoms with Crippen LogP contribution in [0.3, 0.4) is 0 Å². The number of amides is 2. The van der Waals surface area contributed by atoms with Crippen molar-refractivity contribution in [3.63, 3.8) is 0 Å². The first kappa shape index (κ1) is 15.7. The molecule has 0 aromatic carbocycles. The summed E-state index contributed by atoms with van der Waals surface area (Å²) in [5.41, 5.74) is 1.26. The number of urea groups is 1. The van der Waals surface area contributed by atoms with Gasteiger partial charge in [0.1, 0.15) is 12.5 Å². The van der Waals surface area contributed by atoms with E-state index in [9.17, 15) is 4.79 Å². The van der Waals surface area contributed by atoms with Crippen LogP contribution in [0.4, 0.5) is 10.6 Å². The zero-order chi connectivity index (χ0) is 16.8. The molecular weight excluding hydrogens is 314 g/mol. The summed E-state index contributed by atoms with van der Waals surface area (Å²) in [5.74, 6) is 0.388. The molecular formula is C14H17N7O3. The number of aryl methyl sites for hydroxylation is 1. The molecule has 24 heavy (non-hydrogen) atoms. The van der Waals surface area contributed by atoms with Crippen LogP contribution in [0, 0.1) is 0 Å². The van der Waals surface area contributed by atoms with Crippen molar-refractivity contribution in [3.05, 3.63) is 42.9 Å². The van der Waals surface area contributed by atoms with Gasteiger partial charge in [0.05, 0.1) is 30.7 Å². The Kier molecular flexibility index (Phi) is 4.84. The molecule has 10 nitrogen and oxygen atoms in total. The number of rotatable bonds is 7. The molecule has 3 aromatic rings. The van der Waals surface area contributed by atoms with Crippen molar-refractivity contribution < 1.29 is 13.6 Å². The first-order valence-corrected chi connectivity index (χ1v) is 7.44. The number of oxazole rings is 2. The molecule has 3 heterocycles. The average Bonchev–Trinajstić information content (AvgIpc) is 3.30. The van der Waals surface area contributed by atoms with Crippen LogP contribution in [0.5, 0.6) is 0 Å². The van der Waals surface area contributed by atoms with Gasteiger partial charge in [-0.05, 0) is 6.42 Å². The monoisotopic (exact) mass is 331 g/mol. The van der Waals surface area contributed by atoms with E-state index in [0.717, 1.165) is 13.0 Å². The van der Waals surface area contributed by atoms with Gasteiger partial charge in [0.15, 0.2) is 18.6 Å². The Hall–Kier alpha value is -3.17. The fourth-order valence-corrected chi connectivity index (χ4v) is 2.10. The number of carbonyl (C=O) groups excluding carboxylic acids is 1. The molecule has 126 valence electrons. The zero-order valence-electron chi connectivity index (χ0n) is 13.1. The third-order valence-electron chi connectivity index (χ3n) is 3.19. The smallest absolute Gasteiger partial charge is 0.323 e. The largest absolute Gasteiger partial charge is 0.451 e. The van der Waals surface area contributed by atoms with Crippen LogP contribution in [0.25, 0.3) is 0 Å². The van der Waals surface area contributed by atoms with Crippen molar-refractivity contribution in [1.29, 1.82) is 0 Å². The molecule has 0 fully saturated rings. The molecule has 0 radical (unpaired) electrons. The van der Waals surface area contributed by atoms with Crippen LogP contribution in [0.2, 0.25) is 0 Å². The summed E-state index contributed by atoms with van der Waals surface area (Å²) in [7, 11) is 0. The zero-order valence-corrected chi connectivity index (χ0v) is 13.1. The van der Waals surface area contributed by atoms with E-state index in [0.29, 0.717) is 17.2 Å². The molecule has 0 saturated carbocycles. The summed E-state index contributed by atoms with van der Waals surface area (Å²) in [6, 6.07) is -0.343. The standard InChI is InChI=1S/C14H17N7O3/c1-2-3-21-6-13(18-19-21)17-14(22)20(4-11-7-23-9-15-11)5-12-8-24-10-16-12/h6-10H,2-5H2,1H3,(H,17,22). The maximum Gasteiger partial charge on any atom is 0.323 e. The molecule has 10 heteroatoms. The minimum Gasteiger partial charge on any atom is -0.451 e. The van der Waals surface area contributed by atoms with Crippen LogP contribution in [-0.4, -0.2) is 35.9 Å². The summed E-state index contributed by atoms with van der Waals surface area (Å²) in [5, 5.41) is 10.6. The van der Waals surface area contributed by atoms with E-state index < -0.39 is 0 Å². The highest BCUT2D eigenvalue weighted by Gasteiger charge is 2.18. The van der Waals surface area contributed by atoms with E-state index in [-0.39, 0.29) is 19.1 Å². The number of carbonyl (C=O) groups is 1. The van der Waals surface area contributed by atoms with Crippen LogP contribution in [0.15, 0.2) is 40.3 Å². The van der Waals surface area contributed by atoms with E-state index >= 15 is 0 Å². The Morgan fingerprint density at radius 2 is 1.88 bits per heavy atom. The lowest BCUT2D eigenvalue weighted by Gasteiger charge is -2.20. The van der Waals surface area contributed by atoms with E-state index in [1.54, 1.807) is 10.9 Å². The van der Waals surface area contributed by atoms with E-state index in [4.69, 9.17) is 8.83 Å². The maximum absolute atomic E-state index is 12.6. The molecule has 0 saturated heterocycles. The summed E-state index contributed by atoms with van der Waals surface area (Å²) < 4.78 is 11.6. The quantitative estimate of drug-likeness (QED) is 0.703. The number of hydrogen-bond acceptors (Lipinski definition) is 7. The van der Waals surface area contributed by atoms with Crippen LogP contribution >= 0.6 is 0 Å². The minimum atomic E-state index is -0.343. The van der Waals surface area contributed by atoms with Crippen LogP contribution in [0.1, 0.15) is 24.7 Å². The molecule has 0 atom stereocenters. The molecule has 3 aromatic heterocycles. The van der Waals surface area contributed by atoms with Crippen molar-refractivity contribution in [2.75, 3.05) is 5.32 Å². The fraction of sp³-hybridized carbons (Fsp3) is 0.357.